The Morgan fingerprint density at radius 1 is 0.914 bits per heavy atom. The van der Waals surface area contributed by atoms with Crippen molar-refractivity contribution in [1.82, 2.24) is 15.0 Å². The molecule has 12 N–H and O–H groups in total. The van der Waals surface area contributed by atoms with Gasteiger partial charge in [-0.2, -0.15) is 15.0 Å². The van der Waals surface area contributed by atoms with Crippen LogP contribution < -0.4 is 43.4 Å². The number of phenols is 1. The Labute approximate surface area is 202 Å². The summed E-state index contributed by atoms with van der Waals surface area (Å²) in [6.45, 7) is 1.51. The van der Waals surface area contributed by atoms with Crippen molar-refractivity contribution in [3.63, 3.8) is 0 Å². The van der Waals surface area contributed by atoms with Gasteiger partial charge in [-0.05, 0) is 25.0 Å². The van der Waals surface area contributed by atoms with E-state index in [1.54, 1.807) is 6.07 Å². The average molecular weight is 488 g/mol. The van der Waals surface area contributed by atoms with Gasteiger partial charge in [0.15, 0.2) is 0 Å². The number of carbonyl (C=O) groups excluding carboxylic acids is 1. The lowest BCUT2D eigenvalue weighted by atomic mass is 10.0. The van der Waals surface area contributed by atoms with Crippen molar-refractivity contribution < 1.29 is 15.0 Å². The third-order valence-corrected chi connectivity index (χ3v) is 5.88. The van der Waals surface area contributed by atoms with Crippen molar-refractivity contribution in [2.24, 2.45) is 22.9 Å². The number of nitrogens with two attached hydrogens (primary N) is 4. The zero-order chi connectivity index (χ0) is 25.1. The molecule has 0 aliphatic carbocycles. The van der Waals surface area contributed by atoms with Gasteiger partial charge >= 0.3 is 0 Å². The zero-order valence-corrected chi connectivity index (χ0v) is 19.3. The fourth-order valence-electron chi connectivity index (χ4n) is 4.41. The van der Waals surface area contributed by atoms with E-state index < -0.39 is 12.5 Å². The maximum Gasteiger partial charge on any atom is 0.250 e. The molecule has 4 rings (SSSR count). The van der Waals surface area contributed by atoms with Crippen LogP contribution in [-0.4, -0.2) is 88.0 Å². The zero-order valence-electron chi connectivity index (χ0n) is 19.3. The SMILES string of the molecule is N[C@@H]1C[C@H](N)CN(c2nc(Nc3ccc(NC(=O)CO)c(O)c3)nc(N3C[C@H](N)C[C@H](N)C3)n2)C1. The number of aliphatic hydroxyl groups excluding tert-OH is 1. The van der Waals surface area contributed by atoms with E-state index in [1.807, 2.05) is 9.80 Å². The molecule has 0 radical (unpaired) electrons. The van der Waals surface area contributed by atoms with E-state index in [2.05, 4.69) is 25.6 Å². The number of aromatic hydroxyl groups is 1. The van der Waals surface area contributed by atoms with E-state index in [4.69, 9.17) is 28.0 Å². The molecule has 14 heteroatoms. The third kappa shape index (κ3) is 6.23. The minimum absolute atomic E-state index is 0.106. The minimum atomic E-state index is -0.691. The van der Waals surface area contributed by atoms with E-state index in [9.17, 15) is 9.90 Å². The van der Waals surface area contributed by atoms with Gasteiger partial charge in [0.1, 0.15) is 12.4 Å². The number of piperidine rings is 2. The number of nitrogens with zero attached hydrogens (tertiary/aromatic N) is 5. The summed E-state index contributed by atoms with van der Waals surface area (Å²) in [4.78, 5) is 29.1. The number of anilines is 5. The van der Waals surface area contributed by atoms with Crippen LogP contribution in [0.15, 0.2) is 18.2 Å². The third-order valence-electron chi connectivity index (χ3n) is 5.88. The summed E-state index contributed by atoms with van der Waals surface area (Å²) in [5, 5.41) is 24.7. The lowest BCUT2D eigenvalue weighted by molar-refractivity contribution is -0.118. The number of aromatic nitrogens is 3. The summed E-state index contributed by atoms with van der Waals surface area (Å²) in [6, 6.07) is 4.12. The smallest absolute Gasteiger partial charge is 0.250 e. The summed E-state index contributed by atoms with van der Waals surface area (Å²) in [5.41, 5.74) is 25.4. The first-order valence-electron chi connectivity index (χ1n) is 11.5. The summed E-state index contributed by atoms with van der Waals surface area (Å²) < 4.78 is 0. The normalized spacial score (nSPS) is 24.8. The molecule has 3 heterocycles. The Morgan fingerprint density at radius 2 is 1.43 bits per heavy atom. The van der Waals surface area contributed by atoms with Gasteiger partial charge < -0.3 is 53.6 Å². The molecule has 0 spiro atoms. The average Bonchev–Trinajstić information content (AvgIpc) is 2.79. The number of hydrogen-bond acceptors (Lipinski definition) is 13. The number of carbonyl (C=O) groups is 1. The molecule has 35 heavy (non-hydrogen) atoms. The highest BCUT2D eigenvalue weighted by Crippen LogP contribution is 2.29. The van der Waals surface area contributed by atoms with Crippen molar-refractivity contribution in [3.05, 3.63) is 18.2 Å². The molecule has 0 bridgehead atoms. The quantitative estimate of drug-likeness (QED) is 0.206. The molecule has 2 aliphatic heterocycles. The van der Waals surface area contributed by atoms with Crippen molar-refractivity contribution in [2.45, 2.75) is 37.0 Å². The highest BCUT2D eigenvalue weighted by Gasteiger charge is 2.28. The summed E-state index contributed by atoms with van der Waals surface area (Å²) in [5.74, 6) is 0.270. The first kappa shape index (κ1) is 24.8. The predicted molar refractivity (Wildman–Crippen MR) is 132 cm³/mol. The van der Waals surface area contributed by atoms with Crippen LogP contribution >= 0.6 is 0 Å². The molecule has 14 nitrogen and oxygen atoms in total. The number of nitrogens with one attached hydrogen (secondary N) is 2. The molecule has 2 aliphatic rings. The van der Waals surface area contributed by atoms with Gasteiger partial charge in [0.05, 0.1) is 5.69 Å². The van der Waals surface area contributed by atoms with Gasteiger partial charge in [-0.1, -0.05) is 0 Å². The molecule has 1 aromatic carbocycles. The second kappa shape index (κ2) is 10.5. The number of amides is 1. The van der Waals surface area contributed by atoms with Crippen LogP contribution in [0.3, 0.4) is 0 Å². The van der Waals surface area contributed by atoms with Crippen LogP contribution in [0.5, 0.6) is 5.75 Å². The predicted octanol–water partition coefficient (Wildman–Crippen LogP) is -2.02. The molecule has 1 aromatic heterocycles. The van der Waals surface area contributed by atoms with Crippen molar-refractivity contribution >= 4 is 35.1 Å². The second-order valence-corrected chi connectivity index (χ2v) is 9.14. The van der Waals surface area contributed by atoms with E-state index in [1.165, 1.54) is 12.1 Å². The van der Waals surface area contributed by atoms with Gasteiger partial charge in [-0.25, -0.2) is 0 Å². The van der Waals surface area contributed by atoms with Crippen LogP contribution in [0.25, 0.3) is 0 Å². The summed E-state index contributed by atoms with van der Waals surface area (Å²) in [6.07, 6.45) is 1.43. The molecule has 0 unspecified atom stereocenters. The topological polar surface area (TPSA) is 231 Å². The van der Waals surface area contributed by atoms with Crippen LogP contribution in [-0.2, 0) is 4.79 Å². The van der Waals surface area contributed by atoms with E-state index in [0.29, 0.717) is 56.6 Å². The summed E-state index contributed by atoms with van der Waals surface area (Å²) in [7, 11) is 0. The van der Waals surface area contributed by atoms with E-state index in [0.717, 1.165) is 0 Å². The van der Waals surface area contributed by atoms with Crippen LogP contribution in [0.2, 0.25) is 0 Å². The molecule has 2 fully saturated rings. The maximum atomic E-state index is 11.4. The van der Waals surface area contributed by atoms with Gasteiger partial charge in [-0.15, -0.1) is 0 Å². The second-order valence-electron chi connectivity index (χ2n) is 9.14. The van der Waals surface area contributed by atoms with E-state index >= 15 is 0 Å². The molecular weight excluding hydrogens is 454 g/mol. The number of benzene rings is 1. The molecule has 2 aromatic rings. The molecule has 4 atom stereocenters. The highest BCUT2D eigenvalue weighted by molar-refractivity contribution is 5.93. The molecule has 0 saturated carbocycles. The molecule has 1 amide bonds. The van der Waals surface area contributed by atoms with E-state index in [-0.39, 0.29) is 41.6 Å². The Bertz CT molecular complexity index is 991. The largest absolute Gasteiger partial charge is 0.506 e. The van der Waals surface area contributed by atoms with Crippen LogP contribution in [0.4, 0.5) is 29.2 Å². The minimum Gasteiger partial charge on any atom is -0.506 e. The lowest BCUT2D eigenvalue weighted by Gasteiger charge is -2.37. The van der Waals surface area contributed by atoms with Crippen LogP contribution in [0, 0.1) is 0 Å². The monoisotopic (exact) mass is 487 g/mol. The molecule has 190 valence electrons. The highest BCUT2D eigenvalue weighted by atomic mass is 16.3. The Morgan fingerprint density at radius 3 is 1.89 bits per heavy atom. The van der Waals surface area contributed by atoms with Gasteiger partial charge in [0.25, 0.3) is 0 Å². The number of hydrogen-bond donors (Lipinski definition) is 8. The number of rotatable bonds is 6. The van der Waals surface area contributed by atoms with Crippen molar-refractivity contribution in [3.8, 4) is 5.75 Å². The Hall–Kier alpha value is -3.30. The number of phenolic OH excluding ortho intramolecular Hbond substituents is 1. The first-order valence-corrected chi connectivity index (χ1v) is 11.5. The molecule has 2 saturated heterocycles. The lowest BCUT2D eigenvalue weighted by Crippen LogP contribution is -2.54. The fraction of sp³-hybridized carbons (Fsp3) is 0.524. The standard InChI is InChI=1S/C21H33N11O3/c22-11-3-12(23)7-31(6-11)20-28-19(29-21(30-20)32-8-13(24)4-14(25)9-32)26-15-1-2-16(17(34)5-15)27-18(35)10-33/h1-2,5,11-14,33-34H,3-4,6-10,22-25H2,(H,27,35)(H,26,28,29,30)/t11-,12+,13-,14+. The molecular formula is C21H33N11O3. The number of aliphatic hydroxyl groups is 1. The Kier molecular flexibility index (Phi) is 7.47. The van der Waals surface area contributed by atoms with Gasteiger partial charge in [0, 0.05) is 62.1 Å². The maximum absolute atomic E-state index is 11.4. The summed E-state index contributed by atoms with van der Waals surface area (Å²) >= 11 is 0. The van der Waals surface area contributed by atoms with Crippen LogP contribution in [0.1, 0.15) is 12.8 Å². The first-order chi connectivity index (χ1) is 16.7. The van der Waals surface area contributed by atoms with Crippen molar-refractivity contribution in [2.75, 3.05) is 53.2 Å². The van der Waals surface area contributed by atoms with Crippen molar-refractivity contribution in [1.29, 1.82) is 0 Å². The Balaban J connectivity index is 1.64. The van der Waals surface area contributed by atoms with Gasteiger partial charge in [0.2, 0.25) is 23.8 Å². The van der Waals surface area contributed by atoms with Gasteiger partial charge in [-0.3, -0.25) is 4.79 Å². The fourth-order valence-corrected chi connectivity index (χ4v) is 4.41.